The van der Waals surface area contributed by atoms with Gasteiger partial charge in [-0.25, -0.2) is 4.98 Å². The third kappa shape index (κ3) is 1.97. The molecule has 4 aliphatic carbocycles. The monoisotopic (exact) mass is 274 g/mol. The molecule has 0 unspecified atom stereocenters. The summed E-state index contributed by atoms with van der Waals surface area (Å²) in [4.78, 5) is 15.1. The second kappa shape index (κ2) is 4.61. The molecule has 20 heavy (non-hydrogen) atoms. The fraction of sp³-hybridized carbons (Fsp3) is 0.750. The highest BCUT2D eigenvalue weighted by Gasteiger charge is 2.49. The fourth-order valence-electron chi connectivity index (χ4n) is 5.42. The van der Waals surface area contributed by atoms with Crippen LogP contribution < -0.4 is 0 Å². The normalized spacial score (nSPS) is 38.3. The van der Waals surface area contributed by atoms with E-state index in [1.54, 1.807) is 0 Å². The number of carboxylic acids is 1. The highest BCUT2D eigenvalue weighted by Crippen LogP contribution is 2.59. The molecule has 0 saturated heterocycles. The molecule has 4 heteroatoms. The van der Waals surface area contributed by atoms with Crippen LogP contribution in [0.15, 0.2) is 12.5 Å². The third-order valence-electron chi connectivity index (χ3n) is 5.88. The molecule has 4 nitrogen and oxygen atoms in total. The minimum Gasteiger partial charge on any atom is -0.481 e. The molecule has 1 N–H and O–H groups in total. The van der Waals surface area contributed by atoms with E-state index < -0.39 is 5.97 Å². The number of aliphatic carboxylic acids is 1. The Morgan fingerprint density at radius 3 is 2.45 bits per heavy atom. The predicted octanol–water partition coefficient (Wildman–Crippen LogP) is 2.90. The molecule has 0 amide bonds. The molecule has 0 aromatic carbocycles. The molecular weight excluding hydrogens is 252 g/mol. The summed E-state index contributed by atoms with van der Waals surface area (Å²) in [5.41, 5.74) is 1.31. The molecule has 5 rings (SSSR count). The van der Waals surface area contributed by atoms with Gasteiger partial charge < -0.3 is 9.67 Å². The van der Waals surface area contributed by atoms with E-state index in [1.165, 1.54) is 37.8 Å². The summed E-state index contributed by atoms with van der Waals surface area (Å²) in [7, 11) is 0. The Hall–Kier alpha value is -1.32. The van der Waals surface area contributed by atoms with E-state index in [2.05, 4.69) is 9.55 Å². The van der Waals surface area contributed by atoms with Crippen LogP contribution in [0.2, 0.25) is 0 Å². The van der Waals surface area contributed by atoms with Crippen molar-refractivity contribution < 1.29 is 9.90 Å². The quantitative estimate of drug-likeness (QED) is 0.918. The zero-order valence-electron chi connectivity index (χ0n) is 11.7. The summed E-state index contributed by atoms with van der Waals surface area (Å²) in [6.45, 7) is 0.563. The smallest absolute Gasteiger partial charge is 0.305 e. The second-order valence-electron chi connectivity index (χ2n) is 7.11. The van der Waals surface area contributed by atoms with Gasteiger partial charge in [0, 0.05) is 24.4 Å². The zero-order valence-corrected chi connectivity index (χ0v) is 11.7. The van der Waals surface area contributed by atoms with Crippen LogP contribution in [0.1, 0.15) is 50.1 Å². The van der Waals surface area contributed by atoms with Gasteiger partial charge in [0.25, 0.3) is 0 Å². The number of aromatic nitrogens is 2. The molecule has 108 valence electrons. The van der Waals surface area contributed by atoms with E-state index in [4.69, 9.17) is 5.11 Å². The lowest BCUT2D eigenvalue weighted by Gasteiger charge is -2.54. The first-order valence-electron chi connectivity index (χ1n) is 7.92. The van der Waals surface area contributed by atoms with Gasteiger partial charge in [-0.05, 0) is 55.8 Å². The Bertz CT molecular complexity index is 494. The van der Waals surface area contributed by atoms with Crippen LogP contribution in [0.4, 0.5) is 0 Å². The first kappa shape index (κ1) is 12.4. The van der Waals surface area contributed by atoms with Crippen molar-refractivity contribution in [1.82, 2.24) is 9.55 Å². The van der Waals surface area contributed by atoms with Crippen LogP contribution in [-0.4, -0.2) is 20.6 Å². The van der Waals surface area contributed by atoms with E-state index in [-0.39, 0.29) is 6.42 Å². The summed E-state index contributed by atoms with van der Waals surface area (Å²) in [5.74, 6) is 3.51. The first-order valence-corrected chi connectivity index (χ1v) is 7.92. The summed E-state index contributed by atoms with van der Waals surface area (Å²) < 4.78 is 2.10. The Balaban J connectivity index is 1.58. The lowest BCUT2D eigenvalue weighted by atomic mass is 9.51. The van der Waals surface area contributed by atoms with Crippen molar-refractivity contribution in [2.45, 2.75) is 51.0 Å². The van der Waals surface area contributed by atoms with Gasteiger partial charge in [-0.2, -0.15) is 0 Å². The molecule has 4 saturated carbocycles. The molecule has 0 radical (unpaired) electrons. The minimum atomic E-state index is -0.727. The van der Waals surface area contributed by atoms with Crippen molar-refractivity contribution in [3.05, 3.63) is 18.2 Å². The number of hydrogen-bond acceptors (Lipinski definition) is 2. The molecule has 0 aliphatic heterocycles. The van der Waals surface area contributed by atoms with Crippen LogP contribution in [0.5, 0.6) is 0 Å². The van der Waals surface area contributed by atoms with Gasteiger partial charge in [-0.1, -0.05) is 0 Å². The van der Waals surface area contributed by atoms with Gasteiger partial charge in [0.15, 0.2) is 0 Å². The van der Waals surface area contributed by atoms with Crippen LogP contribution in [0.3, 0.4) is 0 Å². The molecule has 1 heterocycles. The molecule has 0 atom stereocenters. The average Bonchev–Trinajstić information content (AvgIpc) is 2.83. The maximum atomic E-state index is 10.8. The summed E-state index contributed by atoms with van der Waals surface area (Å²) in [5, 5.41) is 8.88. The maximum absolute atomic E-state index is 10.8. The second-order valence-corrected chi connectivity index (χ2v) is 7.11. The van der Waals surface area contributed by atoms with E-state index >= 15 is 0 Å². The summed E-state index contributed by atoms with van der Waals surface area (Å²) in [6.07, 6.45) is 11.0. The molecule has 1 aromatic rings. The average molecular weight is 274 g/mol. The molecule has 4 bridgehead atoms. The lowest BCUT2D eigenvalue weighted by molar-refractivity contribution is -0.137. The Morgan fingerprint density at radius 2 is 1.85 bits per heavy atom. The lowest BCUT2D eigenvalue weighted by Crippen LogP contribution is -2.44. The number of imidazole rings is 1. The van der Waals surface area contributed by atoms with Crippen LogP contribution in [-0.2, 0) is 11.3 Å². The van der Waals surface area contributed by atoms with Crippen molar-refractivity contribution in [2.75, 3.05) is 0 Å². The molecule has 4 fully saturated rings. The van der Waals surface area contributed by atoms with Crippen LogP contribution >= 0.6 is 0 Å². The topological polar surface area (TPSA) is 55.1 Å². The third-order valence-corrected chi connectivity index (χ3v) is 5.88. The molecular formula is C16H22N2O2. The SMILES string of the molecule is O=C(O)CCn1cncc1C1C2CC3CC(C2)CC1C3. The summed E-state index contributed by atoms with van der Waals surface area (Å²) in [6, 6.07) is 0. The molecule has 4 aliphatic rings. The van der Waals surface area contributed by atoms with Crippen molar-refractivity contribution in [2.24, 2.45) is 23.7 Å². The Labute approximate surface area is 119 Å². The van der Waals surface area contributed by atoms with Crippen molar-refractivity contribution in [3.63, 3.8) is 0 Å². The largest absolute Gasteiger partial charge is 0.481 e. The molecule has 1 aromatic heterocycles. The summed E-state index contributed by atoms with van der Waals surface area (Å²) >= 11 is 0. The first-order chi connectivity index (χ1) is 9.70. The Kier molecular flexibility index (Phi) is 2.86. The van der Waals surface area contributed by atoms with E-state index in [1.807, 2.05) is 12.5 Å². The van der Waals surface area contributed by atoms with Gasteiger partial charge in [0.2, 0.25) is 0 Å². The van der Waals surface area contributed by atoms with Crippen LogP contribution in [0.25, 0.3) is 0 Å². The standard InChI is InChI=1S/C16H22N2O2/c19-15(20)1-2-18-9-17-8-14(18)16-12-4-10-3-11(6-12)7-13(16)5-10/h8-13,16H,1-7H2,(H,19,20). The van der Waals surface area contributed by atoms with Crippen molar-refractivity contribution >= 4 is 5.97 Å². The van der Waals surface area contributed by atoms with Crippen molar-refractivity contribution in [1.29, 1.82) is 0 Å². The number of carboxylic acid groups (broad SMARTS) is 1. The van der Waals surface area contributed by atoms with Gasteiger partial charge in [0.1, 0.15) is 0 Å². The fourth-order valence-corrected chi connectivity index (χ4v) is 5.42. The molecule has 0 spiro atoms. The van der Waals surface area contributed by atoms with Gasteiger partial charge >= 0.3 is 5.97 Å². The predicted molar refractivity (Wildman–Crippen MR) is 74.3 cm³/mol. The number of rotatable bonds is 4. The zero-order chi connectivity index (χ0) is 13.7. The van der Waals surface area contributed by atoms with E-state index in [0.29, 0.717) is 12.5 Å². The number of carbonyl (C=O) groups is 1. The van der Waals surface area contributed by atoms with Gasteiger partial charge in [-0.15, -0.1) is 0 Å². The van der Waals surface area contributed by atoms with E-state index in [9.17, 15) is 4.79 Å². The number of aryl methyl sites for hydroxylation is 1. The minimum absolute atomic E-state index is 0.191. The van der Waals surface area contributed by atoms with Crippen molar-refractivity contribution in [3.8, 4) is 0 Å². The number of hydrogen-bond donors (Lipinski definition) is 1. The van der Waals surface area contributed by atoms with Crippen LogP contribution in [0, 0.1) is 23.7 Å². The number of nitrogens with zero attached hydrogens (tertiary/aromatic N) is 2. The highest BCUT2D eigenvalue weighted by atomic mass is 16.4. The highest BCUT2D eigenvalue weighted by molar-refractivity contribution is 5.66. The maximum Gasteiger partial charge on any atom is 0.305 e. The van der Waals surface area contributed by atoms with Gasteiger partial charge in [-0.3, -0.25) is 4.79 Å². The Morgan fingerprint density at radius 1 is 1.20 bits per heavy atom. The van der Waals surface area contributed by atoms with E-state index in [0.717, 1.165) is 23.7 Å². The van der Waals surface area contributed by atoms with Gasteiger partial charge in [0.05, 0.1) is 12.7 Å².